The van der Waals surface area contributed by atoms with Crippen LogP contribution in [0.5, 0.6) is 0 Å². The van der Waals surface area contributed by atoms with Crippen LogP contribution >= 0.6 is 0 Å². The molecule has 0 rings (SSSR count). The Balaban J connectivity index is 4.53. The fourth-order valence-electron chi connectivity index (χ4n) is 8.22. The first kappa shape index (κ1) is 58.3. The highest BCUT2D eigenvalue weighted by Crippen LogP contribution is 2.17. The summed E-state index contributed by atoms with van der Waals surface area (Å²) in [4.78, 5) is 26.1. The zero-order chi connectivity index (χ0) is 43.8. The first-order chi connectivity index (χ1) is 29.5. The van der Waals surface area contributed by atoms with Gasteiger partial charge in [-0.1, -0.05) is 257 Å². The molecule has 0 aromatic rings. The topological polar surface area (TPSA) is 95.9 Å². The van der Waals surface area contributed by atoms with Crippen LogP contribution in [-0.4, -0.2) is 46.9 Å². The largest absolute Gasteiger partial charge is 0.458 e. The van der Waals surface area contributed by atoms with Gasteiger partial charge in [-0.2, -0.15) is 0 Å². The Hall–Kier alpha value is -1.66. The predicted octanol–water partition coefficient (Wildman–Crippen LogP) is 15.9. The summed E-state index contributed by atoms with van der Waals surface area (Å²) in [6.07, 6.45) is 55.6. The van der Waals surface area contributed by atoms with E-state index >= 15 is 0 Å². The summed E-state index contributed by atoms with van der Waals surface area (Å²) < 4.78 is 5.83. The lowest BCUT2D eigenvalue weighted by molar-refractivity contribution is -0.148. The average Bonchev–Trinajstić information content (AvgIpc) is 3.24. The normalized spacial score (nSPS) is 13.3. The molecule has 0 spiro atoms. The molecular formula is C54H103NO5. The van der Waals surface area contributed by atoms with Crippen LogP contribution in [0, 0.1) is 0 Å². The van der Waals surface area contributed by atoms with Crippen LogP contribution in [0.2, 0.25) is 0 Å². The molecule has 0 aliphatic rings. The van der Waals surface area contributed by atoms with Crippen molar-refractivity contribution in [2.45, 2.75) is 302 Å². The highest BCUT2D eigenvalue weighted by molar-refractivity contribution is 5.78. The number of unbranched alkanes of at least 4 members (excludes halogenated alkanes) is 34. The molecule has 0 saturated carbocycles. The molecule has 6 heteroatoms. The number of rotatable bonds is 48. The molecule has 0 saturated heterocycles. The fraction of sp³-hybridized carbons (Fsp3) is 0.889. The van der Waals surface area contributed by atoms with Gasteiger partial charge in [-0.3, -0.25) is 9.59 Å². The van der Waals surface area contributed by atoms with Gasteiger partial charge in [-0.25, -0.2) is 0 Å². The quantitative estimate of drug-likeness (QED) is 0.0322. The third-order valence-corrected chi connectivity index (χ3v) is 12.3. The number of allylic oxidation sites excluding steroid dienone is 3. The van der Waals surface area contributed by atoms with E-state index in [2.05, 4.69) is 38.2 Å². The minimum Gasteiger partial charge on any atom is -0.458 e. The minimum absolute atomic E-state index is 0.0231. The van der Waals surface area contributed by atoms with Gasteiger partial charge in [0, 0.05) is 6.42 Å². The van der Waals surface area contributed by atoms with Crippen LogP contribution in [0.25, 0.3) is 0 Å². The monoisotopic (exact) mass is 846 g/mol. The molecule has 0 bridgehead atoms. The maximum absolute atomic E-state index is 13.2. The maximum atomic E-state index is 13.2. The summed E-state index contributed by atoms with van der Waals surface area (Å²) in [6.45, 7) is 6.46. The van der Waals surface area contributed by atoms with E-state index in [9.17, 15) is 19.8 Å². The van der Waals surface area contributed by atoms with Gasteiger partial charge < -0.3 is 20.3 Å². The van der Waals surface area contributed by atoms with Crippen LogP contribution in [0.3, 0.4) is 0 Å². The van der Waals surface area contributed by atoms with Gasteiger partial charge in [0.15, 0.2) is 0 Å². The van der Waals surface area contributed by atoms with Gasteiger partial charge in [-0.15, -0.1) is 0 Å². The smallest absolute Gasteiger partial charge is 0.306 e. The average molecular weight is 846 g/mol. The van der Waals surface area contributed by atoms with E-state index < -0.39 is 18.2 Å². The van der Waals surface area contributed by atoms with Crippen LogP contribution in [0.4, 0.5) is 0 Å². The third-order valence-electron chi connectivity index (χ3n) is 12.3. The molecule has 6 nitrogen and oxygen atoms in total. The molecule has 0 aliphatic carbocycles. The molecule has 60 heavy (non-hydrogen) atoms. The number of amides is 1. The van der Waals surface area contributed by atoms with Crippen molar-refractivity contribution in [1.82, 2.24) is 5.32 Å². The zero-order valence-electron chi connectivity index (χ0n) is 40.4. The van der Waals surface area contributed by atoms with Crippen molar-refractivity contribution in [1.29, 1.82) is 0 Å². The number of carbonyl (C=O) groups is 2. The summed E-state index contributed by atoms with van der Waals surface area (Å²) in [5.41, 5.74) is 0. The molecule has 0 radical (unpaired) electrons. The molecule has 3 unspecified atom stereocenters. The van der Waals surface area contributed by atoms with Gasteiger partial charge in [0.05, 0.1) is 25.2 Å². The SMILES string of the molecule is CCCCCCCC/C=C\C/C=C/C(CC(=O)NC(CO)C(O)CCCCCCCCCCCCCCC)OC(=O)CCCCCCCCCCCCCCCCCCC. The molecule has 1 amide bonds. The van der Waals surface area contributed by atoms with Crippen molar-refractivity contribution in [3.63, 3.8) is 0 Å². The van der Waals surface area contributed by atoms with E-state index in [0.29, 0.717) is 12.8 Å². The Morgan fingerprint density at radius 1 is 0.500 bits per heavy atom. The van der Waals surface area contributed by atoms with E-state index in [4.69, 9.17) is 4.74 Å². The molecule has 3 N–H and O–H groups in total. The predicted molar refractivity (Wildman–Crippen MR) is 260 cm³/mol. The molecule has 0 fully saturated rings. The standard InChI is InChI=1S/C54H103NO5/c1-4-7-10-13-16-19-22-24-25-26-27-29-32-35-38-41-44-47-54(59)60-50(45-42-39-36-33-30-21-18-15-12-9-6-3)48-53(58)55-51(49-56)52(57)46-43-40-37-34-31-28-23-20-17-14-11-8-5-2/h33,36,42,45,50-52,56-57H,4-32,34-35,37-41,43-44,46-49H2,1-3H3,(H,55,58)/b36-33-,45-42+. The summed E-state index contributed by atoms with van der Waals surface area (Å²) in [6, 6.07) is -0.727. The first-order valence-corrected chi connectivity index (χ1v) is 26.6. The van der Waals surface area contributed by atoms with Crippen LogP contribution < -0.4 is 5.32 Å². The second-order valence-corrected chi connectivity index (χ2v) is 18.3. The summed E-state index contributed by atoms with van der Waals surface area (Å²) in [5, 5.41) is 23.7. The lowest BCUT2D eigenvalue weighted by Gasteiger charge is -2.23. The lowest BCUT2D eigenvalue weighted by Crippen LogP contribution is -2.46. The van der Waals surface area contributed by atoms with Crippen molar-refractivity contribution >= 4 is 11.9 Å². The fourth-order valence-corrected chi connectivity index (χ4v) is 8.22. The molecule has 354 valence electrons. The van der Waals surface area contributed by atoms with Gasteiger partial charge in [0.1, 0.15) is 6.10 Å². The van der Waals surface area contributed by atoms with Crippen LogP contribution in [0.1, 0.15) is 284 Å². The highest BCUT2D eigenvalue weighted by Gasteiger charge is 2.23. The number of esters is 1. The van der Waals surface area contributed by atoms with Crippen LogP contribution in [0.15, 0.2) is 24.3 Å². The van der Waals surface area contributed by atoms with Gasteiger partial charge in [-0.05, 0) is 38.2 Å². The van der Waals surface area contributed by atoms with Crippen molar-refractivity contribution in [3.05, 3.63) is 24.3 Å². The lowest BCUT2D eigenvalue weighted by atomic mass is 10.0. The van der Waals surface area contributed by atoms with Crippen molar-refractivity contribution < 1.29 is 24.5 Å². The molecule has 0 aromatic carbocycles. The highest BCUT2D eigenvalue weighted by atomic mass is 16.5. The van der Waals surface area contributed by atoms with Crippen molar-refractivity contribution in [3.8, 4) is 0 Å². The number of ether oxygens (including phenoxy) is 1. The first-order valence-electron chi connectivity index (χ1n) is 26.6. The second kappa shape index (κ2) is 48.4. The van der Waals surface area contributed by atoms with Gasteiger partial charge in [0.2, 0.25) is 5.91 Å². The Bertz CT molecular complexity index is 950. The van der Waals surface area contributed by atoms with Crippen molar-refractivity contribution in [2.24, 2.45) is 0 Å². The zero-order valence-corrected chi connectivity index (χ0v) is 40.4. The van der Waals surface area contributed by atoms with E-state index in [1.165, 1.54) is 193 Å². The summed E-state index contributed by atoms with van der Waals surface area (Å²) >= 11 is 0. The van der Waals surface area contributed by atoms with E-state index in [-0.39, 0.29) is 24.9 Å². The van der Waals surface area contributed by atoms with E-state index in [1.807, 2.05) is 12.2 Å². The minimum atomic E-state index is -0.806. The van der Waals surface area contributed by atoms with Gasteiger partial charge in [0.25, 0.3) is 0 Å². The van der Waals surface area contributed by atoms with Crippen molar-refractivity contribution in [2.75, 3.05) is 6.61 Å². The number of nitrogens with one attached hydrogen (secondary N) is 1. The third kappa shape index (κ3) is 43.0. The Morgan fingerprint density at radius 2 is 0.883 bits per heavy atom. The summed E-state index contributed by atoms with van der Waals surface area (Å²) in [5.74, 6) is -0.587. The molecule has 0 aromatic heterocycles. The number of hydrogen-bond donors (Lipinski definition) is 3. The Kier molecular flexibility index (Phi) is 47.0. The number of hydrogen-bond acceptors (Lipinski definition) is 5. The second-order valence-electron chi connectivity index (χ2n) is 18.3. The van der Waals surface area contributed by atoms with E-state index in [0.717, 1.165) is 51.4 Å². The van der Waals surface area contributed by atoms with Crippen LogP contribution in [-0.2, 0) is 14.3 Å². The number of aliphatic hydroxyl groups excluding tert-OH is 2. The summed E-state index contributed by atoms with van der Waals surface area (Å²) in [7, 11) is 0. The number of aliphatic hydroxyl groups is 2. The molecule has 0 heterocycles. The molecule has 0 aliphatic heterocycles. The Morgan fingerprint density at radius 3 is 1.30 bits per heavy atom. The maximum Gasteiger partial charge on any atom is 0.306 e. The van der Waals surface area contributed by atoms with E-state index in [1.54, 1.807) is 0 Å². The number of carbonyl (C=O) groups excluding carboxylic acids is 2. The molecular weight excluding hydrogens is 743 g/mol. The Labute approximate surface area is 373 Å². The molecule has 3 atom stereocenters. The van der Waals surface area contributed by atoms with Gasteiger partial charge >= 0.3 is 5.97 Å².